The van der Waals surface area contributed by atoms with Crippen LogP contribution in [0.3, 0.4) is 0 Å². The molecule has 0 bridgehead atoms. The Kier molecular flexibility index (Phi) is 3.65. The molecule has 0 aliphatic carbocycles. The van der Waals surface area contributed by atoms with Crippen LogP contribution in [0.15, 0.2) is 30.6 Å². The van der Waals surface area contributed by atoms with Gasteiger partial charge in [0.15, 0.2) is 11.5 Å². The van der Waals surface area contributed by atoms with Crippen LogP contribution in [0.25, 0.3) is 0 Å². The molecule has 1 aromatic heterocycles. The third kappa shape index (κ3) is 2.59. The maximum Gasteiger partial charge on any atom is 0.254 e. The minimum atomic E-state index is -0.307. The normalized spacial score (nSPS) is 12.2. The molecule has 0 fully saturated rings. The molecule has 1 heterocycles. The number of hydrogen-bond acceptors (Lipinski definition) is 4. The van der Waals surface area contributed by atoms with Gasteiger partial charge in [-0.25, -0.2) is 0 Å². The third-order valence-electron chi connectivity index (χ3n) is 3.33. The van der Waals surface area contributed by atoms with Gasteiger partial charge in [0.05, 0.1) is 12.2 Å². The zero-order chi connectivity index (χ0) is 14.9. The van der Waals surface area contributed by atoms with E-state index in [9.17, 15) is 15.0 Å². The second-order valence-corrected chi connectivity index (χ2v) is 4.74. The van der Waals surface area contributed by atoms with Crippen molar-refractivity contribution in [2.75, 3.05) is 7.05 Å². The van der Waals surface area contributed by atoms with Crippen molar-refractivity contribution in [3.8, 4) is 11.5 Å². The second kappa shape index (κ2) is 5.24. The van der Waals surface area contributed by atoms with Crippen molar-refractivity contribution in [3.05, 3.63) is 41.7 Å². The Hall–Kier alpha value is -2.50. The number of carbonyl (C=O) groups excluding carboxylic acids is 1. The number of carbonyl (C=O) groups is 1. The van der Waals surface area contributed by atoms with Crippen molar-refractivity contribution in [2.45, 2.75) is 13.0 Å². The number of nitrogens with zero attached hydrogens (tertiary/aromatic N) is 3. The van der Waals surface area contributed by atoms with Crippen LogP contribution in [0.2, 0.25) is 0 Å². The topological polar surface area (TPSA) is 78.6 Å². The van der Waals surface area contributed by atoms with Gasteiger partial charge in [0.1, 0.15) is 0 Å². The molecule has 2 rings (SSSR count). The number of benzene rings is 1. The van der Waals surface area contributed by atoms with Crippen molar-refractivity contribution >= 4 is 5.91 Å². The Labute approximate surface area is 116 Å². The zero-order valence-corrected chi connectivity index (χ0v) is 11.6. The summed E-state index contributed by atoms with van der Waals surface area (Å²) in [6, 6.07) is 3.88. The summed E-state index contributed by atoms with van der Waals surface area (Å²) in [7, 11) is 3.50. The zero-order valence-electron chi connectivity index (χ0n) is 11.6. The van der Waals surface area contributed by atoms with Gasteiger partial charge in [-0.1, -0.05) is 0 Å². The molecular formula is C14H17N3O3. The number of hydrogen-bond donors (Lipinski definition) is 2. The van der Waals surface area contributed by atoms with Crippen LogP contribution in [-0.2, 0) is 7.05 Å². The van der Waals surface area contributed by atoms with E-state index in [4.69, 9.17) is 0 Å². The molecule has 0 aliphatic heterocycles. The first-order valence-electron chi connectivity index (χ1n) is 6.18. The summed E-state index contributed by atoms with van der Waals surface area (Å²) in [5.41, 5.74) is 1.24. The van der Waals surface area contributed by atoms with Gasteiger partial charge in [0.25, 0.3) is 5.91 Å². The maximum atomic E-state index is 12.3. The molecule has 2 aromatic rings. The number of amides is 1. The number of phenols is 2. The molecule has 0 saturated carbocycles. The van der Waals surface area contributed by atoms with Crippen LogP contribution >= 0.6 is 0 Å². The molecule has 106 valence electrons. The van der Waals surface area contributed by atoms with Gasteiger partial charge in [0, 0.05) is 31.4 Å². The van der Waals surface area contributed by atoms with Crippen LogP contribution in [-0.4, -0.2) is 37.8 Å². The van der Waals surface area contributed by atoms with E-state index in [0.717, 1.165) is 5.56 Å². The Morgan fingerprint density at radius 3 is 2.60 bits per heavy atom. The minimum Gasteiger partial charge on any atom is -0.504 e. The Balaban J connectivity index is 2.21. The van der Waals surface area contributed by atoms with E-state index in [1.807, 2.05) is 20.2 Å². The summed E-state index contributed by atoms with van der Waals surface area (Å²) in [6.07, 6.45) is 3.56. The van der Waals surface area contributed by atoms with Crippen molar-refractivity contribution in [1.82, 2.24) is 14.7 Å². The average Bonchev–Trinajstić information content (AvgIpc) is 2.86. The lowest BCUT2D eigenvalue weighted by Crippen LogP contribution is -2.29. The standard InChI is InChI=1S/C14H17N3O3/c1-9(11-7-15-16(2)8-11)17(3)14(20)10-4-5-12(18)13(19)6-10/h4-9,18-19H,1-3H3. The molecule has 0 saturated heterocycles. The summed E-state index contributed by atoms with van der Waals surface area (Å²) in [4.78, 5) is 13.9. The molecule has 6 nitrogen and oxygen atoms in total. The fourth-order valence-electron chi connectivity index (χ4n) is 1.92. The van der Waals surface area contributed by atoms with Gasteiger partial charge in [-0.05, 0) is 25.1 Å². The van der Waals surface area contributed by atoms with E-state index >= 15 is 0 Å². The molecule has 1 amide bonds. The van der Waals surface area contributed by atoms with Crippen molar-refractivity contribution in [1.29, 1.82) is 0 Å². The molecule has 0 radical (unpaired) electrons. The van der Waals surface area contributed by atoms with Gasteiger partial charge < -0.3 is 15.1 Å². The van der Waals surface area contributed by atoms with E-state index in [0.29, 0.717) is 5.56 Å². The monoisotopic (exact) mass is 275 g/mol. The van der Waals surface area contributed by atoms with Crippen molar-refractivity contribution in [2.24, 2.45) is 7.05 Å². The highest BCUT2D eigenvalue weighted by molar-refractivity contribution is 5.95. The largest absolute Gasteiger partial charge is 0.504 e. The lowest BCUT2D eigenvalue weighted by molar-refractivity contribution is 0.0742. The van der Waals surface area contributed by atoms with Crippen LogP contribution in [0.1, 0.15) is 28.9 Å². The molecule has 0 spiro atoms. The van der Waals surface area contributed by atoms with Gasteiger partial charge in [-0.2, -0.15) is 5.10 Å². The number of rotatable bonds is 3. The smallest absolute Gasteiger partial charge is 0.254 e. The Morgan fingerprint density at radius 2 is 2.05 bits per heavy atom. The second-order valence-electron chi connectivity index (χ2n) is 4.74. The first kappa shape index (κ1) is 13.9. The van der Waals surface area contributed by atoms with Crippen LogP contribution in [0.4, 0.5) is 0 Å². The lowest BCUT2D eigenvalue weighted by Gasteiger charge is -2.24. The highest BCUT2D eigenvalue weighted by Gasteiger charge is 2.20. The predicted molar refractivity (Wildman–Crippen MR) is 73.5 cm³/mol. The van der Waals surface area contributed by atoms with Crippen molar-refractivity contribution in [3.63, 3.8) is 0 Å². The molecule has 1 unspecified atom stereocenters. The van der Waals surface area contributed by atoms with E-state index in [-0.39, 0.29) is 23.4 Å². The highest BCUT2D eigenvalue weighted by Crippen LogP contribution is 2.27. The molecule has 1 aromatic carbocycles. The van der Waals surface area contributed by atoms with Gasteiger partial charge >= 0.3 is 0 Å². The molecule has 2 N–H and O–H groups in total. The SMILES string of the molecule is CC(c1cnn(C)c1)N(C)C(=O)c1ccc(O)c(O)c1. The number of aromatic hydroxyl groups is 2. The van der Waals surface area contributed by atoms with Gasteiger partial charge in [0.2, 0.25) is 0 Å². The number of aryl methyl sites for hydroxylation is 1. The van der Waals surface area contributed by atoms with E-state index < -0.39 is 0 Å². The van der Waals surface area contributed by atoms with Gasteiger partial charge in [-0.3, -0.25) is 9.48 Å². The average molecular weight is 275 g/mol. The Morgan fingerprint density at radius 1 is 1.35 bits per heavy atom. The minimum absolute atomic E-state index is 0.146. The lowest BCUT2D eigenvalue weighted by atomic mass is 10.1. The first-order valence-corrected chi connectivity index (χ1v) is 6.18. The maximum absolute atomic E-state index is 12.3. The first-order chi connectivity index (χ1) is 9.40. The van der Waals surface area contributed by atoms with Gasteiger partial charge in [-0.15, -0.1) is 0 Å². The fourth-order valence-corrected chi connectivity index (χ4v) is 1.92. The summed E-state index contributed by atoms with van der Waals surface area (Å²) >= 11 is 0. The van der Waals surface area contributed by atoms with E-state index in [2.05, 4.69) is 5.10 Å². The highest BCUT2D eigenvalue weighted by atomic mass is 16.3. The van der Waals surface area contributed by atoms with Crippen LogP contribution in [0, 0.1) is 0 Å². The van der Waals surface area contributed by atoms with E-state index in [1.165, 1.54) is 18.2 Å². The van der Waals surface area contributed by atoms with Crippen LogP contribution < -0.4 is 0 Å². The van der Waals surface area contributed by atoms with Crippen LogP contribution in [0.5, 0.6) is 11.5 Å². The molecule has 1 atom stereocenters. The summed E-state index contributed by atoms with van der Waals surface area (Å²) in [5, 5.41) is 22.8. The summed E-state index contributed by atoms with van der Waals surface area (Å²) in [6.45, 7) is 1.90. The van der Waals surface area contributed by atoms with Crippen molar-refractivity contribution < 1.29 is 15.0 Å². The third-order valence-corrected chi connectivity index (χ3v) is 3.33. The van der Waals surface area contributed by atoms with E-state index in [1.54, 1.807) is 22.8 Å². The number of aromatic nitrogens is 2. The molecular weight excluding hydrogens is 258 g/mol. The molecule has 6 heteroatoms. The quantitative estimate of drug-likeness (QED) is 0.835. The summed E-state index contributed by atoms with van der Waals surface area (Å²) in [5.74, 6) is -0.792. The molecule has 0 aliphatic rings. The molecule has 20 heavy (non-hydrogen) atoms. The fraction of sp³-hybridized carbons (Fsp3) is 0.286. The predicted octanol–water partition coefficient (Wildman–Crippen LogP) is 1.66. The summed E-state index contributed by atoms with van der Waals surface area (Å²) < 4.78 is 1.68. The Bertz CT molecular complexity index is 636. The number of phenolic OH excluding ortho intramolecular Hbond substituents is 2.